The Hall–Kier alpha value is -1.17. The van der Waals surface area contributed by atoms with Gasteiger partial charge in [-0.2, -0.15) is 0 Å². The first-order valence-corrected chi connectivity index (χ1v) is 8.61. The van der Waals surface area contributed by atoms with E-state index in [1.54, 1.807) is 11.3 Å². The summed E-state index contributed by atoms with van der Waals surface area (Å²) in [6.45, 7) is 10.4. The quantitative estimate of drug-likeness (QED) is 0.810. The summed E-state index contributed by atoms with van der Waals surface area (Å²) in [5, 5.41) is 3.29. The van der Waals surface area contributed by atoms with Gasteiger partial charge in [-0.15, -0.1) is 11.3 Å². The first-order chi connectivity index (χ1) is 10.3. The Morgan fingerprint density at radius 2 is 1.64 bits per heavy atom. The van der Waals surface area contributed by atoms with Crippen molar-refractivity contribution in [3.05, 3.63) is 34.7 Å². The lowest BCUT2D eigenvalue weighted by molar-refractivity contribution is 0.00578. The van der Waals surface area contributed by atoms with Crippen molar-refractivity contribution in [2.45, 2.75) is 52.2 Å². The molecule has 0 saturated carbocycles. The van der Waals surface area contributed by atoms with E-state index in [2.05, 4.69) is 69.2 Å². The van der Waals surface area contributed by atoms with Crippen LogP contribution in [0, 0.1) is 0 Å². The van der Waals surface area contributed by atoms with E-state index >= 15 is 0 Å². The van der Waals surface area contributed by atoms with Gasteiger partial charge in [0.1, 0.15) is 0 Å². The molecule has 1 aliphatic heterocycles. The molecule has 3 nitrogen and oxygen atoms in total. The highest BCUT2D eigenvalue weighted by Crippen LogP contribution is 2.36. The van der Waals surface area contributed by atoms with Crippen LogP contribution < -0.4 is 5.46 Å². The number of nitrogens with zero attached hydrogens (tertiary/aromatic N) is 1. The molecule has 5 heteroatoms. The molecule has 116 valence electrons. The molecule has 0 atom stereocenters. The number of hydrogen-bond acceptors (Lipinski definition) is 4. The van der Waals surface area contributed by atoms with Crippen LogP contribution in [0.4, 0.5) is 0 Å². The van der Waals surface area contributed by atoms with Crippen molar-refractivity contribution in [2.75, 3.05) is 0 Å². The summed E-state index contributed by atoms with van der Waals surface area (Å²) in [6.07, 6.45) is 0.983. The Kier molecular flexibility index (Phi) is 3.92. The molecule has 2 heterocycles. The first-order valence-electron chi connectivity index (χ1n) is 7.73. The van der Waals surface area contributed by atoms with Gasteiger partial charge in [0.25, 0.3) is 0 Å². The molecule has 1 fully saturated rings. The summed E-state index contributed by atoms with van der Waals surface area (Å²) in [5.41, 5.74) is 2.62. The molecule has 2 aromatic rings. The van der Waals surface area contributed by atoms with Gasteiger partial charge < -0.3 is 9.31 Å². The van der Waals surface area contributed by atoms with E-state index in [1.807, 2.05) is 0 Å². The topological polar surface area (TPSA) is 31.4 Å². The molecule has 3 rings (SSSR count). The standard InChI is InChI=1S/C17H22BNO2S/c1-6-15-19-14(11-22-15)12-7-9-13(10-8-12)18-20-16(2,3)17(4,5)21-18/h7-11H,6H2,1-5H3. The lowest BCUT2D eigenvalue weighted by atomic mass is 9.79. The fourth-order valence-electron chi connectivity index (χ4n) is 2.40. The Bertz CT molecular complexity index is 648. The van der Waals surface area contributed by atoms with Crippen molar-refractivity contribution in [1.82, 2.24) is 4.98 Å². The number of aryl methyl sites for hydroxylation is 1. The van der Waals surface area contributed by atoms with Gasteiger partial charge in [0.05, 0.1) is 21.9 Å². The van der Waals surface area contributed by atoms with Gasteiger partial charge in [0.15, 0.2) is 0 Å². The van der Waals surface area contributed by atoms with E-state index in [0.717, 1.165) is 23.1 Å². The third-order valence-electron chi connectivity index (χ3n) is 4.59. The monoisotopic (exact) mass is 315 g/mol. The zero-order chi connectivity index (χ0) is 16.0. The minimum atomic E-state index is -0.305. The summed E-state index contributed by atoms with van der Waals surface area (Å²) in [7, 11) is -0.305. The average Bonchev–Trinajstić information content (AvgIpc) is 3.02. The van der Waals surface area contributed by atoms with Crippen molar-refractivity contribution in [1.29, 1.82) is 0 Å². The molecule has 22 heavy (non-hydrogen) atoms. The number of hydrogen-bond donors (Lipinski definition) is 0. The lowest BCUT2D eigenvalue weighted by Crippen LogP contribution is -2.41. The molecule has 0 spiro atoms. The predicted octanol–water partition coefficient (Wildman–Crippen LogP) is 3.67. The third kappa shape index (κ3) is 2.73. The van der Waals surface area contributed by atoms with Gasteiger partial charge in [-0.25, -0.2) is 4.98 Å². The lowest BCUT2D eigenvalue weighted by Gasteiger charge is -2.32. The third-order valence-corrected chi connectivity index (χ3v) is 5.58. The molecule has 0 N–H and O–H groups in total. The normalized spacial score (nSPS) is 19.6. The summed E-state index contributed by atoms with van der Waals surface area (Å²) in [4.78, 5) is 4.63. The zero-order valence-electron chi connectivity index (χ0n) is 13.8. The van der Waals surface area contributed by atoms with Crippen LogP contribution in [0.25, 0.3) is 11.3 Å². The SMILES string of the molecule is CCc1nc(-c2ccc(B3OC(C)(C)C(C)(C)O3)cc2)cs1. The Morgan fingerprint density at radius 1 is 1.05 bits per heavy atom. The van der Waals surface area contributed by atoms with Gasteiger partial charge in [0, 0.05) is 10.9 Å². The predicted molar refractivity (Wildman–Crippen MR) is 92.6 cm³/mol. The number of benzene rings is 1. The second-order valence-electron chi connectivity index (χ2n) is 6.69. The Morgan fingerprint density at radius 3 is 2.14 bits per heavy atom. The summed E-state index contributed by atoms with van der Waals surface area (Å²) in [6, 6.07) is 8.33. The molecular weight excluding hydrogens is 293 g/mol. The molecule has 0 radical (unpaired) electrons. The van der Waals surface area contributed by atoms with Crippen LogP contribution in [0.3, 0.4) is 0 Å². The maximum Gasteiger partial charge on any atom is 0.494 e. The fourth-order valence-corrected chi connectivity index (χ4v) is 3.15. The zero-order valence-corrected chi connectivity index (χ0v) is 14.7. The molecule has 0 bridgehead atoms. The molecule has 0 unspecified atom stereocenters. The van der Waals surface area contributed by atoms with Gasteiger partial charge in [0.2, 0.25) is 0 Å². The number of aromatic nitrogens is 1. The molecule has 1 aromatic carbocycles. The molecular formula is C17H22BNO2S. The second-order valence-corrected chi connectivity index (χ2v) is 7.63. The molecule has 1 aromatic heterocycles. The largest absolute Gasteiger partial charge is 0.494 e. The van der Waals surface area contributed by atoms with Gasteiger partial charge in [-0.3, -0.25) is 0 Å². The van der Waals surface area contributed by atoms with E-state index in [0.29, 0.717) is 0 Å². The highest BCUT2D eigenvalue weighted by Gasteiger charge is 2.51. The molecule has 1 aliphatic rings. The highest BCUT2D eigenvalue weighted by atomic mass is 32.1. The maximum atomic E-state index is 6.08. The van der Waals surface area contributed by atoms with E-state index < -0.39 is 0 Å². The average molecular weight is 315 g/mol. The fraction of sp³-hybridized carbons (Fsp3) is 0.471. The summed E-state index contributed by atoms with van der Waals surface area (Å²) in [5.74, 6) is 0. The Balaban J connectivity index is 1.81. The molecule has 0 amide bonds. The van der Waals surface area contributed by atoms with Crippen LogP contribution in [0.5, 0.6) is 0 Å². The molecule has 0 aliphatic carbocycles. The van der Waals surface area contributed by atoms with Gasteiger partial charge >= 0.3 is 7.12 Å². The van der Waals surface area contributed by atoms with E-state index in [9.17, 15) is 0 Å². The van der Waals surface area contributed by atoms with Crippen molar-refractivity contribution in [2.24, 2.45) is 0 Å². The van der Waals surface area contributed by atoms with Crippen molar-refractivity contribution < 1.29 is 9.31 Å². The van der Waals surface area contributed by atoms with Gasteiger partial charge in [-0.05, 0) is 39.6 Å². The summed E-state index contributed by atoms with van der Waals surface area (Å²) < 4.78 is 12.2. The van der Waals surface area contributed by atoms with E-state index in [4.69, 9.17) is 9.31 Å². The number of rotatable bonds is 3. The summed E-state index contributed by atoms with van der Waals surface area (Å²) >= 11 is 1.71. The van der Waals surface area contributed by atoms with E-state index in [1.165, 1.54) is 5.01 Å². The van der Waals surface area contributed by atoms with Crippen LogP contribution in [0.2, 0.25) is 0 Å². The van der Waals surface area contributed by atoms with Crippen LogP contribution >= 0.6 is 11.3 Å². The van der Waals surface area contributed by atoms with Crippen LogP contribution in [0.15, 0.2) is 29.6 Å². The first kappa shape index (κ1) is 15.7. The van der Waals surface area contributed by atoms with Crippen LogP contribution in [0.1, 0.15) is 39.6 Å². The van der Waals surface area contributed by atoms with Gasteiger partial charge in [-0.1, -0.05) is 31.2 Å². The van der Waals surface area contributed by atoms with Crippen LogP contribution in [-0.4, -0.2) is 23.3 Å². The smallest absolute Gasteiger partial charge is 0.399 e. The number of thiazole rings is 1. The second kappa shape index (κ2) is 5.48. The minimum Gasteiger partial charge on any atom is -0.399 e. The minimum absolute atomic E-state index is 0.304. The van der Waals surface area contributed by atoms with Crippen molar-refractivity contribution in [3.63, 3.8) is 0 Å². The highest BCUT2D eigenvalue weighted by molar-refractivity contribution is 7.09. The van der Waals surface area contributed by atoms with Crippen molar-refractivity contribution in [3.8, 4) is 11.3 Å². The maximum absolute atomic E-state index is 6.08. The van der Waals surface area contributed by atoms with E-state index in [-0.39, 0.29) is 18.3 Å². The van der Waals surface area contributed by atoms with Crippen molar-refractivity contribution >= 4 is 23.9 Å². The Labute approximate surface area is 136 Å². The molecule has 1 saturated heterocycles. The van der Waals surface area contributed by atoms with Crippen LogP contribution in [-0.2, 0) is 15.7 Å².